The van der Waals surface area contributed by atoms with Gasteiger partial charge in [-0.05, 0) is 49.4 Å². The number of aliphatic hydroxyl groups is 1. The average Bonchev–Trinajstić information content (AvgIpc) is 3.38. The van der Waals surface area contributed by atoms with Crippen LogP contribution in [0.4, 0.5) is 0 Å². The number of hydrogen-bond acceptors (Lipinski definition) is 8. The zero-order valence-corrected chi connectivity index (χ0v) is 18.0. The molecule has 1 N–H and O–H groups in total. The van der Waals surface area contributed by atoms with Crippen molar-refractivity contribution in [3.63, 3.8) is 0 Å². The first kappa shape index (κ1) is 21.1. The number of ether oxygens (including phenoxy) is 6. The van der Waals surface area contributed by atoms with E-state index in [2.05, 4.69) is 0 Å². The highest BCUT2D eigenvalue weighted by molar-refractivity contribution is 5.75. The van der Waals surface area contributed by atoms with Crippen LogP contribution < -0.4 is 0 Å². The van der Waals surface area contributed by atoms with Crippen molar-refractivity contribution in [2.24, 2.45) is 35.5 Å². The van der Waals surface area contributed by atoms with Gasteiger partial charge in [-0.1, -0.05) is 0 Å². The van der Waals surface area contributed by atoms with Gasteiger partial charge in [0.2, 0.25) is 0 Å². The second-order valence-corrected chi connectivity index (χ2v) is 9.69. The third-order valence-corrected chi connectivity index (χ3v) is 8.70. The number of methoxy groups -OCH3 is 3. The van der Waals surface area contributed by atoms with Crippen molar-refractivity contribution in [3.8, 4) is 0 Å². The maximum Gasteiger partial charge on any atom is 0.309 e. The zero-order valence-electron chi connectivity index (χ0n) is 18.0. The van der Waals surface area contributed by atoms with E-state index >= 15 is 0 Å². The molecule has 170 valence electrons. The maximum atomic E-state index is 12.9. The molecule has 3 aliphatic carbocycles. The van der Waals surface area contributed by atoms with E-state index in [1.54, 1.807) is 21.3 Å². The molecule has 2 heterocycles. The van der Waals surface area contributed by atoms with Crippen molar-refractivity contribution in [1.29, 1.82) is 0 Å². The summed E-state index contributed by atoms with van der Waals surface area (Å²) < 4.78 is 34.4. The van der Waals surface area contributed by atoms with Gasteiger partial charge in [-0.15, -0.1) is 0 Å². The molecule has 0 radical (unpaired) electrons. The molecule has 0 amide bonds. The van der Waals surface area contributed by atoms with Crippen LogP contribution in [0, 0.1) is 35.5 Å². The van der Waals surface area contributed by atoms with Crippen LogP contribution in [0.25, 0.3) is 0 Å². The number of rotatable bonds is 4. The minimum absolute atomic E-state index is 0.0406. The second kappa shape index (κ2) is 8.30. The molecular weight excluding hydrogens is 392 g/mol. The Morgan fingerprint density at radius 1 is 0.867 bits per heavy atom. The number of carbonyl (C=O) groups excluding carboxylic acids is 1. The Balaban J connectivity index is 1.48. The first-order chi connectivity index (χ1) is 14.6. The van der Waals surface area contributed by atoms with Crippen LogP contribution in [0.3, 0.4) is 0 Å². The largest absolute Gasteiger partial charge is 0.465 e. The zero-order chi connectivity index (χ0) is 21.0. The van der Waals surface area contributed by atoms with Gasteiger partial charge in [0.15, 0.2) is 0 Å². The Kier molecular flexibility index (Phi) is 5.83. The number of fused-ring (bicyclic) bond motifs is 3. The molecule has 0 aromatic rings. The molecule has 30 heavy (non-hydrogen) atoms. The Labute approximate surface area is 177 Å². The Bertz CT molecular complexity index is 629. The fourth-order valence-corrected chi connectivity index (χ4v) is 7.40. The van der Waals surface area contributed by atoms with E-state index in [0.717, 1.165) is 25.7 Å². The summed E-state index contributed by atoms with van der Waals surface area (Å²) in [6.07, 6.45) is 2.42. The van der Waals surface area contributed by atoms with E-state index < -0.39 is 6.10 Å². The topological polar surface area (TPSA) is 92.7 Å². The van der Waals surface area contributed by atoms with Crippen molar-refractivity contribution in [1.82, 2.24) is 0 Å². The van der Waals surface area contributed by atoms with E-state index in [-0.39, 0.29) is 72.0 Å². The summed E-state index contributed by atoms with van der Waals surface area (Å²) in [5.74, 6) is 0.0266. The minimum Gasteiger partial charge on any atom is -0.465 e. The molecule has 0 aromatic heterocycles. The lowest BCUT2D eigenvalue weighted by Gasteiger charge is -2.54. The molecule has 6 unspecified atom stereocenters. The van der Waals surface area contributed by atoms with Crippen LogP contribution in [0.1, 0.15) is 25.7 Å². The van der Waals surface area contributed by atoms with Gasteiger partial charge >= 0.3 is 5.97 Å². The Hall–Kier alpha value is -0.770. The number of hydrogen-bond donors (Lipinski definition) is 1. The summed E-state index contributed by atoms with van der Waals surface area (Å²) in [4.78, 5) is 12.9. The lowest BCUT2D eigenvalue weighted by atomic mass is 9.52. The molecular formula is C22H34O8. The molecule has 5 aliphatic rings. The first-order valence-corrected chi connectivity index (χ1v) is 11.2. The molecule has 5 fully saturated rings. The van der Waals surface area contributed by atoms with E-state index in [1.165, 1.54) is 0 Å². The van der Waals surface area contributed by atoms with Crippen molar-refractivity contribution in [2.75, 3.05) is 34.7 Å². The maximum absolute atomic E-state index is 12.9. The van der Waals surface area contributed by atoms with Crippen LogP contribution in [0.15, 0.2) is 0 Å². The van der Waals surface area contributed by atoms with Crippen molar-refractivity contribution in [3.05, 3.63) is 0 Å². The molecule has 5 rings (SSSR count). The summed E-state index contributed by atoms with van der Waals surface area (Å²) in [6, 6.07) is 0. The lowest BCUT2D eigenvalue weighted by molar-refractivity contribution is -0.176. The standard InChI is InChI=1S/C22H34O8/c1-25-16-4-10(5-17(26-2)21(16)27-3)18-11-6-14-15(30-9-29-14)7-12(11)20(23)13-8-28-22(24)19(13)18/h10-21,23H,4-9H2,1-3H3/t10?,11?,12?,13-,14?,15?,16?,17?,18+,19-,20-,21?/m0/s1. The van der Waals surface area contributed by atoms with Gasteiger partial charge in [0.25, 0.3) is 0 Å². The summed E-state index contributed by atoms with van der Waals surface area (Å²) in [5, 5.41) is 11.2. The van der Waals surface area contributed by atoms with Gasteiger partial charge < -0.3 is 33.5 Å². The number of cyclic esters (lactones) is 1. The molecule has 2 saturated heterocycles. The summed E-state index contributed by atoms with van der Waals surface area (Å²) in [6.45, 7) is 0.631. The summed E-state index contributed by atoms with van der Waals surface area (Å²) in [5.41, 5.74) is 0. The highest BCUT2D eigenvalue weighted by atomic mass is 16.7. The van der Waals surface area contributed by atoms with Gasteiger partial charge in [0.1, 0.15) is 12.9 Å². The number of carbonyl (C=O) groups is 1. The predicted molar refractivity (Wildman–Crippen MR) is 103 cm³/mol. The Morgan fingerprint density at radius 3 is 2.10 bits per heavy atom. The third-order valence-electron chi connectivity index (χ3n) is 8.70. The highest BCUT2D eigenvalue weighted by Gasteiger charge is 2.61. The van der Waals surface area contributed by atoms with Crippen LogP contribution in [0.5, 0.6) is 0 Å². The monoisotopic (exact) mass is 426 g/mol. The lowest BCUT2D eigenvalue weighted by Crippen LogP contribution is -2.58. The predicted octanol–water partition coefficient (Wildman–Crippen LogP) is 0.989. The minimum atomic E-state index is -0.542. The molecule has 0 spiro atoms. The SMILES string of the molecule is COC1CC([C@@H]2C3CC4OCOC4CC3[C@H](O)[C@H]3COC(=O)[C@H]23)CC(OC)C1OC. The quantitative estimate of drug-likeness (QED) is 0.666. The van der Waals surface area contributed by atoms with Crippen molar-refractivity contribution < 1.29 is 38.3 Å². The third kappa shape index (κ3) is 3.22. The van der Waals surface area contributed by atoms with E-state index in [9.17, 15) is 9.90 Å². The van der Waals surface area contributed by atoms with E-state index in [1.807, 2.05) is 0 Å². The molecule has 0 aromatic carbocycles. The smallest absolute Gasteiger partial charge is 0.309 e. The van der Waals surface area contributed by atoms with E-state index in [0.29, 0.717) is 13.4 Å². The molecule has 8 heteroatoms. The number of esters is 1. The van der Waals surface area contributed by atoms with Gasteiger partial charge in [-0.25, -0.2) is 0 Å². The molecule has 2 aliphatic heterocycles. The summed E-state index contributed by atoms with van der Waals surface area (Å²) >= 11 is 0. The van der Waals surface area contributed by atoms with Gasteiger partial charge in [0.05, 0.1) is 43.0 Å². The molecule has 10 atom stereocenters. The van der Waals surface area contributed by atoms with E-state index in [4.69, 9.17) is 28.4 Å². The average molecular weight is 427 g/mol. The normalized spacial score (nSPS) is 53.0. The molecule has 8 nitrogen and oxygen atoms in total. The molecule has 0 bridgehead atoms. The van der Waals surface area contributed by atoms with Crippen LogP contribution in [-0.4, -0.2) is 82.4 Å². The fraction of sp³-hybridized carbons (Fsp3) is 0.955. The number of aliphatic hydroxyl groups excluding tert-OH is 1. The van der Waals surface area contributed by atoms with Gasteiger partial charge in [-0.3, -0.25) is 4.79 Å². The second-order valence-electron chi connectivity index (χ2n) is 9.69. The molecule has 3 saturated carbocycles. The van der Waals surface area contributed by atoms with Crippen LogP contribution in [0.2, 0.25) is 0 Å². The van der Waals surface area contributed by atoms with Gasteiger partial charge in [0, 0.05) is 27.2 Å². The van der Waals surface area contributed by atoms with Gasteiger partial charge in [-0.2, -0.15) is 0 Å². The van der Waals surface area contributed by atoms with Crippen molar-refractivity contribution in [2.45, 2.75) is 62.3 Å². The van der Waals surface area contributed by atoms with Crippen LogP contribution in [-0.2, 0) is 33.2 Å². The Morgan fingerprint density at radius 2 is 1.50 bits per heavy atom. The highest BCUT2D eigenvalue weighted by Crippen LogP contribution is 2.57. The fourth-order valence-electron chi connectivity index (χ4n) is 7.40. The first-order valence-electron chi connectivity index (χ1n) is 11.2. The summed E-state index contributed by atoms with van der Waals surface area (Å²) in [7, 11) is 5.11. The van der Waals surface area contributed by atoms with Crippen LogP contribution >= 0.6 is 0 Å². The van der Waals surface area contributed by atoms with Crippen molar-refractivity contribution >= 4 is 5.97 Å².